The van der Waals surface area contributed by atoms with Crippen molar-refractivity contribution in [3.8, 4) is 11.5 Å². The summed E-state index contributed by atoms with van der Waals surface area (Å²) in [6.07, 6.45) is 1.69. The highest BCUT2D eigenvalue weighted by Gasteiger charge is 2.35. The lowest BCUT2D eigenvalue weighted by molar-refractivity contribution is -0.123. The molecule has 0 N–H and O–H groups in total. The number of benzene rings is 3. The number of halogens is 2. The Morgan fingerprint density at radius 3 is 2.47 bits per heavy atom. The monoisotopic (exact) mass is 513 g/mol. The van der Waals surface area contributed by atoms with E-state index in [9.17, 15) is 9.59 Å². The molecule has 1 heterocycles. The van der Waals surface area contributed by atoms with Crippen molar-refractivity contribution in [2.24, 2.45) is 0 Å². The van der Waals surface area contributed by atoms with E-state index in [4.69, 9.17) is 32.7 Å². The van der Waals surface area contributed by atoms with Gasteiger partial charge in [-0.25, -0.2) is 0 Å². The van der Waals surface area contributed by atoms with Crippen LogP contribution >= 0.6 is 35.0 Å². The SMILES string of the molecule is CCOc1cc(/C=C2/SC(=O)N(Cc3ccccc3)C2=O)ccc1OCc1ccc(Cl)cc1Cl. The number of thioether (sulfide) groups is 1. The highest BCUT2D eigenvalue weighted by atomic mass is 35.5. The summed E-state index contributed by atoms with van der Waals surface area (Å²) in [7, 11) is 0. The molecule has 1 saturated heterocycles. The minimum Gasteiger partial charge on any atom is -0.490 e. The van der Waals surface area contributed by atoms with Crippen molar-refractivity contribution in [3.63, 3.8) is 0 Å². The number of hydrogen-bond donors (Lipinski definition) is 0. The zero-order valence-electron chi connectivity index (χ0n) is 18.3. The first-order chi connectivity index (χ1) is 16.4. The average molecular weight is 514 g/mol. The van der Waals surface area contributed by atoms with Crippen LogP contribution in [-0.4, -0.2) is 22.7 Å². The van der Waals surface area contributed by atoms with Crippen molar-refractivity contribution in [1.82, 2.24) is 4.90 Å². The third-order valence-electron chi connectivity index (χ3n) is 5.02. The summed E-state index contributed by atoms with van der Waals surface area (Å²) in [5.74, 6) is 0.765. The first-order valence-electron chi connectivity index (χ1n) is 10.6. The van der Waals surface area contributed by atoms with Crippen LogP contribution in [0, 0.1) is 0 Å². The van der Waals surface area contributed by atoms with E-state index >= 15 is 0 Å². The van der Waals surface area contributed by atoms with Crippen molar-refractivity contribution < 1.29 is 19.1 Å². The van der Waals surface area contributed by atoms with Crippen LogP contribution in [0.2, 0.25) is 10.0 Å². The van der Waals surface area contributed by atoms with Gasteiger partial charge in [-0.1, -0.05) is 65.7 Å². The van der Waals surface area contributed by atoms with Gasteiger partial charge in [0.15, 0.2) is 11.5 Å². The fraction of sp³-hybridized carbons (Fsp3) is 0.154. The van der Waals surface area contributed by atoms with Crippen molar-refractivity contribution >= 4 is 52.2 Å². The minimum atomic E-state index is -0.311. The molecule has 174 valence electrons. The van der Waals surface area contributed by atoms with E-state index in [1.54, 1.807) is 30.3 Å². The fourth-order valence-electron chi connectivity index (χ4n) is 3.35. The van der Waals surface area contributed by atoms with Gasteiger partial charge in [-0.15, -0.1) is 0 Å². The topological polar surface area (TPSA) is 55.8 Å². The molecule has 1 aliphatic rings. The van der Waals surface area contributed by atoms with Crippen molar-refractivity contribution in [1.29, 1.82) is 0 Å². The van der Waals surface area contributed by atoms with E-state index < -0.39 is 0 Å². The molecule has 1 aliphatic heterocycles. The summed E-state index contributed by atoms with van der Waals surface area (Å²) >= 11 is 13.1. The Bertz CT molecular complexity index is 1250. The number of amides is 2. The Morgan fingerprint density at radius 1 is 0.941 bits per heavy atom. The lowest BCUT2D eigenvalue weighted by Gasteiger charge is -2.14. The summed E-state index contributed by atoms with van der Waals surface area (Å²) in [6, 6.07) is 20.0. The highest BCUT2D eigenvalue weighted by Crippen LogP contribution is 2.36. The number of nitrogens with zero attached hydrogens (tertiary/aromatic N) is 1. The minimum absolute atomic E-state index is 0.243. The first-order valence-corrected chi connectivity index (χ1v) is 12.1. The molecule has 0 aromatic heterocycles. The van der Waals surface area contributed by atoms with Crippen LogP contribution in [0.1, 0.15) is 23.6 Å². The molecule has 3 aromatic carbocycles. The Balaban J connectivity index is 1.51. The number of carbonyl (C=O) groups excluding carboxylic acids is 2. The van der Waals surface area contributed by atoms with Crippen molar-refractivity contribution in [2.45, 2.75) is 20.1 Å². The molecule has 0 saturated carbocycles. The van der Waals surface area contributed by atoms with Gasteiger partial charge in [0.05, 0.1) is 18.1 Å². The summed E-state index contributed by atoms with van der Waals surface area (Å²) < 4.78 is 11.7. The van der Waals surface area contributed by atoms with Gasteiger partial charge in [-0.3, -0.25) is 14.5 Å². The maximum atomic E-state index is 12.9. The zero-order chi connectivity index (χ0) is 24.1. The smallest absolute Gasteiger partial charge is 0.293 e. The van der Waals surface area contributed by atoms with Gasteiger partial charge < -0.3 is 9.47 Å². The largest absolute Gasteiger partial charge is 0.490 e. The quantitative estimate of drug-likeness (QED) is 0.298. The number of imide groups is 1. The Kier molecular flexibility index (Phi) is 7.83. The lowest BCUT2D eigenvalue weighted by atomic mass is 10.1. The Labute approximate surface area is 212 Å². The number of ether oxygens (including phenoxy) is 2. The lowest BCUT2D eigenvalue weighted by Crippen LogP contribution is -2.27. The van der Waals surface area contributed by atoms with Crippen molar-refractivity contribution in [2.75, 3.05) is 6.61 Å². The molecule has 8 heteroatoms. The van der Waals surface area contributed by atoms with Crippen LogP contribution in [0.5, 0.6) is 11.5 Å². The standard InChI is InChI=1S/C26H21Cl2NO4S/c1-2-32-23-12-18(8-11-22(23)33-16-19-9-10-20(27)14-21(19)28)13-24-25(30)29(26(31)34-24)15-17-6-4-3-5-7-17/h3-14H,2,15-16H2,1H3/b24-13+. The molecule has 0 atom stereocenters. The molecule has 1 fully saturated rings. The molecule has 0 bridgehead atoms. The number of carbonyl (C=O) groups is 2. The van der Waals surface area contributed by atoms with Gasteiger partial charge in [-0.2, -0.15) is 0 Å². The second kappa shape index (κ2) is 11.0. The van der Waals surface area contributed by atoms with Gasteiger partial charge in [0.2, 0.25) is 0 Å². The third-order valence-corrected chi connectivity index (χ3v) is 6.52. The van der Waals surface area contributed by atoms with E-state index in [0.29, 0.717) is 33.1 Å². The van der Waals surface area contributed by atoms with E-state index in [-0.39, 0.29) is 24.3 Å². The second-order valence-electron chi connectivity index (χ2n) is 7.42. The first kappa shape index (κ1) is 24.2. The van der Waals surface area contributed by atoms with Crippen LogP contribution in [0.4, 0.5) is 4.79 Å². The molecule has 0 spiro atoms. The molecule has 3 aromatic rings. The molecule has 5 nitrogen and oxygen atoms in total. The summed E-state index contributed by atoms with van der Waals surface area (Å²) in [5, 5.41) is 0.791. The maximum Gasteiger partial charge on any atom is 0.293 e. The van der Waals surface area contributed by atoms with Gasteiger partial charge in [0.1, 0.15) is 6.61 Å². The van der Waals surface area contributed by atoms with E-state index in [0.717, 1.165) is 28.5 Å². The van der Waals surface area contributed by atoms with E-state index in [1.807, 2.05) is 49.4 Å². The summed E-state index contributed by atoms with van der Waals surface area (Å²) in [4.78, 5) is 26.9. The second-order valence-corrected chi connectivity index (χ2v) is 9.25. The molecule has 0 aliphatic carbocycles. The van der Waals surface area contributed by atoms with Gasteiger partial charge >= 0.3 is 0 Å². The summed E-state index contributed by atoms with van der Waals surface area (Å²) in [6.45, 7) is 2.80. The molecule has 34 heavy (non-hydrogen) atoms. The van der Waals surface area contributed by atoms with Crippen LogP contribution in [0.3, 0.4) is 0 Å². The van der Waals surface area contributed by atoms with E-state index in [1.165, 1.54) is 4.90 Å². The highest BCUT2D eigenvalue weighted by molar-refractivity contribution is 8.18. The normalized spacial score (nSPS) is 14.7. The number of hydrogen-bond acceptors (Lipinski definition) is 5. The van der Waals surface area contributed by atoms with Crippen LogP contribution in [0.25, 0.3) is 6.08 Å². The van der Waals surface area contributed by atoms with Crippen LogP contribution in [0.15, 0.2) is 71.6 Å². The molecular formula is C26H21Cl2NO4S. The van der Waals surface area contributed by atoms with Gasteiger partial charge in [0, 0.05) is 15.6 Å². The van der Waals surface area contributed by atoms with Crippen LogP contribution < -0.4 is 9.47 Å². The maximum absolute atomic E-state index is 12.9. The molecule has 0 unspecified atom stereocenters. The molecule has 4 rings (SSSR count). The van der Waals surface area contributed by atoms with Gasteiger partial charge in [-0.05, 0) is 60.2 Å². The zero-order valence-corrected chi connectivity index (χ0v) is 20.6. The van der Waals surface area contributed by atoms with E-state index in [2.05, 4.69) is 0 Å². The number of rotatable bonds is 8. The van der Waals surface area contributed by atoms with Crippen LogP contribution in [-0.2, 0) is 17.9 Å². The Hall–Kier alpha value is -2.93. The third kappa shape index (κ3) is 5.76. The predicted molar refractivity (Wildman–Crippen MR) is 136 cm³/mol. The Morgan fingerprint density at radius 2 is 1.74 bits per heavy atom. The predicted octanol–water partition coefficient (Wildman–Crippen LogP) is 7.21. The average Bonchev–Trinajstić information content (AvgIpc) is 3.08. The molecule has 0 radical (unpaired) electrons. The fourth-order valence-corrected chi connectivity index (χ4v) is 4.65. The van der Waals surface area contributed by atoms with Gasteiger partial charge in [0.25, 0.3) is 11.1 Å². The molecular weight excluding hydrogens is 493 g/mol. The summed E-state index contributed by atoms with van der Waals surface area (Å²) in [5.41, 5.74) is 2.42. The molecule has 2 amide bonds. The van der Waals surface area contributed by atoms with Crippen molar-refractivity contribution in [3.05, 3.63) is 98.4 Å².